The van der Waals surface area contributed by atoms with Crippen molar-refractivity contribution in [2.24, 2.45) is 0 Å². The normalized spacial score (nSPS) is 10.1. The van der Waals surface area contributed by atoms with Crippen LogP contribution in [0.5, 0.6) is 11.5 Å². The molecule has 0 fully saturated rings. The lowest BCUT2D eigenvalue weighted by atomic mass is 10.1. The summed E-state index contributed by atoms with van der Waals surface area (Å²) in [6.45, 7) is 0.489. The number of pyridine rings is 1. The molecule has 0 bridgehead atoms. The lowest BCUT2D eigenvalue weighted by Gasteiger charge is -2.10. The number of nitrogens with one attached hydrogen (secondary N) is 1. The van der Waals surface area contributed by atoms with E-state index in [0.29, 0.717) is 30.0 Å². The van der Waals surface area contributed by atoms with Crippen LogP contribution in [0.25, 0.3) is 0 Å². The van der Waals surface area contributed by atoms with Gasteiger partial charge in [-0.25, -0.2) is 4.98 Å². The number of ether oxygens (including phenoxy) is 2. The van der Waals surface area contributed by atoms with Gasteiger partial charge >= 0.3 is 0 Å². The number of hydrogen-bond donors (Lipinski definition) is 2. The Kier molecular flexibility index (Phi) is 5.19. The van der Waals surface area contributed by atoms with Gasteiger partial charge in [0.05, 0.1) is 19.8 Å². The summed E-state index contributed by atoms with van der Waals surface area (Å²) in [4.78, 5) is 15.9. The fourth-order valence-electron chi connectivity index (χ4n) is 2.06. The van der Waals surface area contributed by atoms with E-state index in [2.05, 4.69) is 10.3 Å². The number of nitrogens with zero attached hydrogens (tertiary/aromatic N) is 1. The summed E-state index contributed by atoms with van der Waals surface area (Å²) in [5.74, 6) is 1.35. The van der Waals surface area contributed by atoms with E-state index in [0.717, 1.165) is 5.56 Å². The van der Waals surface area contributed by atoms with Crippen LogP contribution in [0.2, 0.25) is 0 Å². The van der Waals surface area contributed by atoms with Crippen LogP contribution in [0, 0.1) is 0 Å². The predicted molar refractivity (Wildman–Crippen MR) is 84.2 cm³/mol. The average molecular weight is 301 g/mol. The number of benzene rings is 1. The number of carbonyl (C=O) groups excluding carboxylic acids is 1. The highest BCUT2D eigenvalue weighted by atomic mass is 16.5. The van der Waals surface area contributed by atoms with Gasteiger partial charge in [-0.1, -0.05) is 6.07 Å². The summed E-state index contributed by atoms with van der Waals surface area (Å²) in [6.07, 6.45) is 2.22. The Hall–Kier alpha value is -2.76. The van der Waals surface area contributed by atoms with E-state index in [1.54, 1.807) is 32.5 Å². The maximum absolute atomic E-state index is 12.0. The number of amides is 1. The number of hydrogen-bond acceptors (Lipinski definition) is 5. The van der Waals surface area contributed by atoms with Gasteiger partial charge in [-0.3, -0.25) is 4.79 Å². The molecule has 1 aromatic carbocycles. The first-order valence-electron chi connectivity index (χ1n) is 6.85. The molecule has 0 atom stereocenters. The van der Waals surface area contributed by atoms with Crippen molar-refractivity contribution in [1.29, 1.82) is 0 Å². The highest BCUT2D eigenvalue weighted by molar-refractivity contribution is 5.98. The molecule has 2 rings (SSSR count). The third-order valence-electron chi connectivity index (χ3n) is 3.23. The zero-order valence-corrected chi connectivity index (χ0v) is 12.6. The van der Waals surface area contributed by atoms with Crippen LogP contribution in [-0.4, -0.2) is 31.7 Å². The van der Waals surface area contributed by atoms with E-state index in [1.807, 2.05) is 18.2 Å². The Morgan fingerprint density at radius 1 is 1.23 bits per heavy atom. The average Bonchev–Trinajstić information content (AvgIpc) is 2.55. The van der Waals surface area contributed by atoms with Crippen LogP contribution in [0.1, 0.15) is 15.9 Å². The second-order valence-electron chi connectivity index (χ2n) is 4.63. The lowest BCUT2D eigenvalue weighted by Crippen LogP contribution is -2.26. The SMILES string of the molecule is COc1ccc(CCNC(=O)c2cccnc2N)cc1OC. The summed E-state index contributed by atoms with van der Waals surface area (Å²) in [7, 11) is 3.19. The molecule has 0 radical (unpaired) electrons. The van der Waals surface area contributed by atoms with E-state index in [-0.39, 0.29) is 11.7 Å². The van der Waals surface area contributed by atoms with Crippen LogP contribution >= 0.6 is 0 Å². The molecule has 0 aliphatic carbocycles. The van der Waals surface area contributed by atoms with Crippen molar-refractivity contribution in [3.8, 4) is 11.5 Å². The molecule has 6 heteroatoms. The summed E-state index contributed by atoms with van der Waals surface area (Å²) in [6, 6.07) is 9.00. The standard InChI is InChI=1S/C16H19N3O3/c1-21-13-6-5-11(10-14(13)22-2)7-9-19-16(20)12-4-3-8-18-15(12)17/h3-6,8,10H,7,9H2,1-2H3,(H2,17,18)(H,19,20). The molecule has 6 nitrogen and oxygen atoms in total. The van der Waals surface area contributed by atoms with Gasteiger partial charge in [0.25, 0.3) is 5.91 Å². The largest absolute Gasteiger partial charge is 0.493 e. The van der Waals surface area contributed by atoms with Gasteiger partial charge in [0.2, 0.25) is 0 Å². The first kappa shape index (κ1) is 15.6. The number of aromatic nitrogens is 1. The fourth-order valence-corrected chi connectivity index (χ4v) is 2.06. The zero-order chi connectivity index (χ0) is 15.9. The fraction of sp³-hybridized carbons (Fsp3) is 0.250. The smallest absolute Gasteiger partial charge is 0.255 e. The minimum Gasteiger partial charge on any atom is -0.493 e. The molecule has 0 aliphatic rings. The first-order valence-corrected chi connectivity index (χ1v) is 6.85. The van der Waals surface area contributed by atoms with Gasteiger partial charge in [0.15, 0.2) is 11.5 Å². The molecule has 116 valence electrons. The van der Waals surface area contributed by atoms with Crippen molar-refractivity contribution in [3.05, 3.63) is 47.7 Å². The Morgan fingerprint density at radius 3 is 2.68 bits per heavy atom. The first-order chi connectivity index (χ1) is 10.7. The maximum Gasteiger partial charge on any atom is 0.255 e. The molecule has 3 N–H and O–H groups in total. The summed E-state index contributed by atoms with van der Waals surface area (Å²) in [5.41, 5.74) is 7.09. The summed E-state index contributed by atoms with van der Waals surface area (Å²) >= 11 is 0. The van der Waals surface area contributed by atoms with Crippen LogP contribution in [-0.2, 0) is 6.42 Å². The molecule has 0 saturated carbocycles. The molecule has 0 unspecified atom stereocenters. The second-order valence-corrected chi connectivity index (χ2v) is 4.63. The van der Waals surface area contributed by atoms with E-state index in [4.69, 9.17) is 15.2 Å². The van der Waals surface area contributed by atoms with E-state index in [1.165, 1.54) is 0 Å². The number of nitrogens with two attached hydrogens (primary N) is 1. The molecule has 1 heterocycles. The molecule has 1 amide bonds. The lowest BCUT2D eigenvalue weighted by molar-refractivity contribution is 0.0954. The number of methoxy groups -OCH3 is 2. The number of anilines is 1. The monoisotopic (exact) mass is 301 g/mol. The Morgan fingerprint density at radius 2 is 2.00 bits per heavy atom. The highest BCUT2D eigenvalue weighted by Gasteiger charge is 2.09. The molecule has 0 spiro atoms. The van der Waals surface area contributed by atoms with Crippen molar-refractivity contribution in [2.75, 3.05) is 26.5 Å². The molecular formula is C16H19N3O3. The third-order valence-corrected chi connectivity index (χ3v) is 3.23. The summed E-state index contributed by atoms with van der Waals surface area (Å²) in [5, 5.41) is 2.82. The van der Waals surface area contributed by atoms with Crippen LogP contribution in [0.15, 0.2) is 36.5 Å². The minimum atomic E-state index is -0.230. The van der Waals surface area contributed by atoms with Crippen molar-refractivity contribution in [2.45, 2.75) is 6.42 Å². The minimum absolute atomic E-state index is 0.228. The quantitative estimate of drug-likeness (QED) is 0.847. The van der Waals surface area contributed by atoms with Gasteiger partial charge in [-0.2, -0.15) is 0 Å². The Bertz CT molecular complexity index is 659. The van der Waals surface area contributed by atoms with Gasteiger partial charge in [-0.05, 0) is 36.2 Å². The van der Waals surface area contributed by atoms with Crippen LogP contribution in [0.4, 0.5) is 5.82 Å². The third kappa shape index (κ3) is 3.66. The highest BCUT2D eigenvalue weighted by Crippen LogP contribution is 2.27. The van der Waals surface area contributed by atoms with Crippen LogP contribution in [0.3, 0.4) is 0 Å². The second kappa shape index (κ2) is 7.31. The number of nitrogen functional groups attached to an aromatic ring is 1. The van der Waals surface area contributed by atoms with Gasteiger partial charge in [-0.15, -0.1) is 0 Å². The number of carbonyl (C=O) groups is 1. The van der Waals surface area contributed by atoms with Gasteiger partial charge in [0, 0.05) is 12.7 Å². The van der Waals surface area contributed by atoms with Crippen molar-refractivity contribution in [3.63, 3.8) is 0 Å². The zero-order valence-electron chi connectivity index (χ0n) is 12.6. The molecular weight excluding hydrogens is 282 g/mol. The number of rotatable bonds is 6. The van der Waals surface area contributed by atoms with Crippen molar-refractivity contribution in [1.82, 2.24) is 10.3 Å². The van der Waals surface area contributed by atoms with Gasteiger partial charge < -0.3 is 20.5 Å². The van der Waals surface area contributed by atoms with Crippen molar-refractivity contribution >= 4 is 11.7 Å². The van der Waals surface area contributed by atoms with Gasteiger partial charge in [0.1, 0.15) is 5.82 Å². The van der Waals surface area contributed by atoms with Crippen molar-refractivity contribution < 1.29 is 14.3 Å². The van der Waals surface area contributed by atoms with E-state index >= 15 is 0 Å². The van der Waals surface area contributed by atoms with E-state index < -0.39 is 0 Å². The van der Waals surface area contributed by atoms with Crippen LogP contribution < -0.4 is 20.5 Å². The molecule has 1 aromatic heterocycles. The molecule has 22 heavy (non-hydrogen) atoms. The topological polar surface area (TPSA) is 86.5 Å². The molecule has 2 aromatic rings. The maximum atomic E-state index is 12.0. The Balaban J connectivity index is 1.94. The Labute approximate surface area is 129 Å². The molecule has 0 aliphatic heterocycles. The predicted octanol–water partition coefficient (Wildman–Crippen LogP) is 1.65. The van der Waals surface area contributed by atoms with E-state index in [9.17, 15) is 4.79 Å². The summed E-state index contributed by atoms with van der Waals surface area (Å²) < 4.78 is 10.4. The molecule has 0 saturated heterocycles.